The maximum absolute atomic E-state index is 12.1. The molecule has 19 heavy (non-hydrogen) atoms. The predicted molar refractivity (Wildman–Crippen MR) is 75.8 cm³/mol. The van der Waals surface area contributed by atoms with Crippen molar-refractivity contribution in [3.05, 3.63) is 28.8 Å². The first-order chi connectivity index (χ1) is 8.70. The highest BCUT2D eigenvalue weighted by molar-refractivity contribution is 7.97. The van der Waals surface area contributed by atoms with Gasteiger partial charge in [-0.2, -0.15) is 0 Å². The van der Waals surface area contributed by atoms with E-state index < -0.39 is 25.1 Å². The predicted octanol–water partition coefficient (Wildman–Crippen LogP) is 1.58. The Morgan fingerprint density at radius 1 is 1.37 bits per heavy atom. The lowest BCUT2D eigenvalue weighted by Gasteiger charge is -2.14. The Labute approximate surface area is 117 Å². The van der Waals surface area contributed by atoms with Crippen LogP contribution in [0.2, 0.25) is 5.02 Å². The summed E-state index contributed by atoms with van der Waals surface area (Å²) >= 11 is 5.92. The van der Waals surface area contributed by atoms with Crippen molar-refractivity contribution in [2.45, 2.75) is 18.6 Å². The van der Waals surface area contributed by atoms with Crippen molar-refractivity contribution in [1.29, 1.82) is 0 Å². The summed E-state index contributed by atoms with van der Waals surface area (Å²) in [6.07, 6.45) is 0.126. The van der Waals surface area contributed by atoms with E-state index in [9.17, 15) is 16.8 Å². The normalized spacial score (nSPS) is 22.3. The molecule has 2 rings (SSSR count). The van der Waals surface area contributed by atoms with E-state index in [1.54, 1.807) is 18.2 Å². The summed E-state index contributed by atoms with van der Waals surface area (Å²) in [5.41, 5.74) is 1.15. The Kier molecular flexibility index (Phi) is 3.81. The molecule has 1 atom stereocenters. The molecule has 0 amide bonds. The van der Waals surface area contributed by atoms with Gasteiger partial charge in [-0.05, 0) is 31.0 Å². The zero-order chi connectivity index (χ0) is 14.3. The van der Waals surface area contributed by atoms with E-state index in [0.29, 0.717) is 0 Å². The number of hydrogen-bond donors (Lipinski definition) is 1. The first kappa shape index (κ1) is 14.6. The molecule has 1 aromatic rings. The number of rotatable bonds is 3. The van der Waals surface area contributed by atoms with Gasteiger partial charge in [0.05, 0.1) is 27.5 Å². The minimum atomic E-state index is -3.74. The van der Waals surface area contributed by atoms with Crippen LogP contribution >= 0.6 is 11.6 Å². The molecular formula is C11H14ClNO4S2. The van der Waals surface area contributed by atoms with Gasteiger partial charge in [0.25, 0.3) is 0 Å². The monoisotopic (exact) mass is 323 g/mol. The van der Waals surface area contributed by atoms with E-state index >= 15 is 0 Å². The molecule has 0 aliphatic carbocycles. The molecule has 0 bridgehead atoms. The summed E-state index contributed by atoms with van der Waals surface area (Å²) in [6, 6.07) is 4.98. The first-order valence-corrected chi connectivity index (χ1v) is 9.42. The fraction of sp³-hybridized carbons (Fsp3) is 0.455. The molecule has 0 radical (unpaired) electrons. The molecule has 1 aliphatic rings. The average molecular weight is 324 g/mol. The van der Waals surface area contributed by atoms with Crippen LogP contribution in [0.25, 0.3) is 0 Å². The first-order valence-electron chi connectivity index (χ1n) is 5.68. The molecule has 1 saturated heterocycles. The van der Waals surface area contributed by atoms with E-state index in [1.165, 1.54) is 0 Å². The van der Waals surface area contributed by atoms with E-state index in [2.05, 4.69) is 4.72 Å². The minimum Gasteiger partial charge on any atom is -0.282 e. The van der Waals surface area contributed by atoms with Gasteiger partial charge in [-0.1, -0.05) is 17.7 Å². The van der Waals surface area contributed by atoms with Crippen LogP contribution in [-0.4, -0.2) is 33.6 Å². The van der Waals surface area contributed by atoms with Gasteiger partial charge in [-0.3, -0.25) is 4.72 Å². The molecule has 106 valence electrons. The van der Waals surface area contributed by atoms with Crippen LogP contribution in [0.5, 0.6) is 0 Å². The lowest BCUT2D eigenvalue weighted by atomic mass is 10.2. The summed E-state index contributed by atoms with van der Waals surface area (Å²) < 4.78 is 49.3. The molecule has 8 heteroatoms. The Morgan fingerprint density at radius 3 is 2.63 bits per heavy atom. The number of nitrogens with one attached hydrogen (secondary N) is 1. The second-order valence-electron chi connectivity index (χ2n) is 4.66. The molecule has 1 N–H and O–H groups in total. The molecule has 0 spiro atoms. The topological polar surface area (TPSA) is 80.3 Å². The number of aryl methyl sites for hydroxylation is 1. The van der Waals surface area contributed by atoms with Gasteiger partial charge < -0.3 is 0 Å². The number of halogens is 1. The number of anilines is 1. The van der Waals surface area contributed by atoms with Crippen molar-refractivity contribution >= 4 is 37.1 Å². The minimum absolute atomic E-state index is 0.0832. The quantitative estimate of drug-likeness (QED) is 0.915. The largest absolute Gasteiger partial charge is 0.282 e. The molecule has 5 nitrogen and oxygen atoms in total. The highest BCUT2D eigenvalue weighted by Crippen LogP contribution is 2.27. The van der Waals surface area contributed by atoms with Crippen molar-refractivity contribution in [2.75, 3.05) is 16.2 Å². The van der Waals surface area contributed by atoms with Crippen LogP contribution in [0.3, 0.4) is 0 Å². The zero-order valence-corrected chi connectivity index (χ0v) is 12.6. The summed E-state index contributed by atoms with van der Waals surface area (Å²) in [4.78, 5) is 0. The third kappa shape index (κ3) is 3.40. The molecule has 0 saturated carbocycles. The maximum Gasteiger partial charge on any atom is 0.236 e. The van der Waals surface area contributed by atoms with E-state index in [1.807, 2.05) is 6.92 Å². The fourth-order valence-corrected chi connectivity index (χ4v) is 6.28. The number of hydrogen-bond acceptors (Lipinski definition) is 4. The smallest absolute Gasteiger partial charge is 0.236 e. The van der Waals surface area contributed by atoms with Crippen molar-refractivity contribution in [3.63, 3.8) is 0 Å². The number of benzene rings is 1. The second-order valence-corrected chi connectivity index (χ2v) is 9.25. The van der Waals surface area contributed by atoms with Gasteiger partial charge in [-0.15, -0.1) is 0 Å². The van der Waals surface area contributed by atoms with Crippen molar-refractivity contribution < 1.29 is 16.8 Å². The summed E-state index contributed by atoms with van der Waals surface area (Å²) in [6.45, 7) is 1.81. The Morgan fingerprint density at radius 2 is 2.05 bits per heavy atom. The third-order valence-corrected chi connectivity index (χ3v) is 7.10. The van der Waals surface area contributed by atoms with Crippen LogP contribution in [0.15, 0.2) is 18.2 Å². The van der Waals surface area contributed by atoms with Gasteiger partial charge in [0, 0.05) is 0 Å². The lowest BCUT2D eigenvalue weighted by Crippen LogP contribution is -2.29. The molecular weight excluding hydrogens is 310 g/mol. The Balaban J connectivity index is 2.25. The van der Waals surface area contributed by atoms with Gasteiger partial charge >= 0.3 is 0 Å². The van der Waals surface area contributed by atoms with Gasteiger partial charge in [0.1, 0.15) is 0 Å². The van der Waals surface area contributed by atoms with Crippen molar-refractivity contribution in [1.82, 2.24) is 0 Å². The highest BCUT2D eigenvalue weighted by atomic mass is 35.5. The van der Waals surface area contributed by atoms with Crippen LogP contribution in [0.1, 0.15) is 12.0 Å². The van der Waals surface area contributed by atoms with Crippen LogP contribution in [0, 0.1) is 6.92 Å². The lowest BCUT2D eigenvalue weighted by molar-refractivity contribution is 0.587. The third-order valence-electron chi connectivity index (χ3n) is 3.00. The summed E-state index contributed by atoms with van der Waals surface area (Å²) in [7, 11) is -6.98. The van der Waals surface area contributed by atoms with Gasteiger partial charge in [-0.25, -0.2) is 16.8 Å². The standard InChI is InChI=1S/C11H14ClNO4S2/c1-8-2-3-10(12)11(6-8)13-19(16,17)9-4-5-18(14,15)7-9/h2-3,6,9,13H,4-5,7H2,1H3. The molecule has 0 aromatic heterocycles. The fourth-order valence-electron chi connectivity index (χ4n) is 1.96. The van der Waals surface area contributed by atoms with Crippen LogP contribution in [-0.2, 0) is 19.9 Å². The van der Waals surface area contributed by atoms with Gasteiger partial charge in [0.2, 0.25) is 10.0 Å². The van der Waals surface area contributed by atoms with Crippen molar-refractivity contribution in [2.24, 2.45) is 0 Å². The van der Waals surface area contributed by atoms with E-state index in [-0.39, 0.29) is 28.6 Å². The van der Waals surface area contributed by atoms with E-state index in [0.717, 1.165) is 5.56 Å². The summed E-state index contributed by atoms with van der Waals surface area (Å²) in [5, 5.41) is -0.621. The van der Waals surface area contributed by atoms with Crippen LogP contribution < -0.4 is 4.72 Å². The average Bonchev–Trinajstić information content (AvgIpc) is 2.65. The SMILES string of the molecule is Cc1ccc(Cl)c(NS(=O)(=O)C2CCS(=O)(=O)C2)c1. The molecule has 1 aliphatic heterocycles. The molecule has 1 aromatic carbocycles. The molecule has 1 fully saturated rings. The van der Waals surface area contributed by atoms with Crippen LogP contribution in [0.4, 0.5) is 5.69 Å². The Hall–Kier alpha value is -0.790. The van der Waals surface area contributed by atoms with Gasteiger partial charge in [0.15, 0.2) is 9.84 Å². The number of sulfone groups is 1. The van der Waals surface area contributed by atoms with E-state index in [4.69, 9.17) is 11.6 Å². The van der Waals surface area contributed by atoms with Crippen molar-refractivity contribution in [3.8, 4) is 0 Å². The number of sulfonamides is 1. The zero-order valence-electron chi connectivity index (χ0n) is 10.3. The molecule has 1 unspecified atom stereocenters. The Bertz CT molecular complexity index is 697. The maximum atomic E-state index is 12.1. The highest BCUT2D eigenvalue weighted by Gasteiger charge is 2.37. The summed E-state index contributed by atoms with van der Waals surface area (Å²) in [5.74, 6) is -0.411. The molecule has 1 heterocycles. The second kappa shape index (κ2) is 4.96.